The molecule has 0 aromatic carbocycles. The molecule has 0 bridgehead atoms. The first kappa shape index (κ1) is 19.9. The summed E-state index contributed by atoms with van der Waals surface area (Å²) >= 11 is 0. The quantitative estimate of drug-likeness (QED) is 0.492. The normalized spacial score (nSPS) is 27.2. The molecule has 130 valence electrons. The molecule has 0 aromatic heterocycles. The molecule has 0 saturated heterocycles. The molecule has 0 amide bonds. The molecule has 2 nitrogen and oxygen atoms in total. The average Bonchev–Trinajstić information content (AvgIpc) is 2.39. The molecule has 0 heterocycles. The first-order valence-corrected chi connectivity index (χ1v) is 11.3. The highest BCUT2D eigenvalue weighted by atomic mass is 28.4. The lowest BCUT2D eigenvalue weighted by molar-refractivity contribution is 0.124. The first-order valence-electron chi connectivity index (χ1n) is 9.14. The number of aliphatic hydroxyl groups excluding tert-OH is 1. The van der Waals surface area contributed by atoms with Crippen LogP contribution in [0.2, 0.25) is 16.6 Å². The molecule has 1 fully saturated rings. The van der Waals surface area contributed by atoms with E-state index in [4.69, 9.17) is 4.43 Å². The highest BCUT2D eigenvalue weighted by Crippen LogP contribution is 2.46. The highest BCUT2D eigenvalue weighted by Gasteiger charge is 2.48. The Balaban J connectivity index is 3.03. The number of aliphatic hydroxyl groups is 1. The van der Waals surface area contributed by atoms with Gasteiger partial charge >= 0.3 is 0 Å². The van der Waals surface area contributed by atoms with E-state index in [2.05, 4.69) is 55.0 Å². The van der Waals surface area contributed by atoms with Crippen LogP contribution in [-0.4, -0.2) is 26.1 Å². The summed E-state index contributed by atoms with van der Waals surface area (Å²) in [5.74, 6) is 1.09. The molecule has 1 saturated carbocycles. The summed E-state index contributed by atoms with van der Waals surface area (Å²) in [5.41, 5.74) is 3.06. The van der Waals surface area contributed by atoms with E-state index in [0.717, 1.165) is 19.3 Å². The molecule has 22 heavy (non-hydrogen) atoms. The summed E-state index contributed by atoms with van der Waals surface area (Å²) < 4.78 is 6.98. The van der Waals surface area contributed by atoms with Gasteiger partial charge in [0.05, 0.1) is 6.10 Å². The van der Waals surface area contributed by atoms with Gasteiger partial charge in [0.1, 0.15) is 0 Å². The van der Waals surface area contributed by atoms with E-state index < -0.39 is 8.32 Å². The molecule has 0 spiro atoms. The van der Waals surface area contributed by atoms with Crippen LogP contribution in [0.15, 0.2) is 12.2 Å². The Morgan fingerprint density at radius 3 is 2.00 bits per heavy atom. The largest absolute Gasteiger partial charge is 0.409 e. The second-order valence-corrected chi connectivity index (χ2v) is 13.7. The third-order valence-corrected chi connectivity index (χ3v) is 11.9. The highest BCUT2D eigenvalue weighted by molar-refractivity contribution is 6.77. The van der Waals surface area contributed by atoms with E-state index in [-0.39, 0.29) is 12.7 Å². The van der Waals surface area contributed by atoms with Crippen LogP contribution in [0.25, 0.3) is 0 Å². The van der Waals surface area contributed by atoms with Crippen LogP contribution in [0.3, 0.4) is 0 Å². The van der Waals surface area contributed by atoms with Gasteiger partial charge in [-0.05, 0) is 53.3 Å². The zero-order valence-corrected chi connectivity index (χ0v) is 16.9. The van der Waals surface area contributed by atoms with Crippen molar-refractivity contribution < 1.29 is 9.53 Å². The number of hydrogen-bond donors (Lipinski definition) is 1. The summed E-state index contributed by atoms with van der Waals surface area (Å²) in [7, 11) is -1.86. The third kappa shape index (κ3) is 4.04. The maximum atomic E-state index is 9.33. The van der Waals surface area contributed by atoms with Crippen molar-refractivity contribution in [3.8, 4) is 0 Å². The Labute approximate surface area is 139 Å². The van der Waals surface area contributed by atoms with E-state index in [1.165, 1.54) is 5.57 Å². The van der Waals surface area contributed by atoms with Crippen LogP contribution in [-0.2, 0) is 4.43 Å². The van der Waals surface area contributed by atoms with Crippen LogP contribution in [0.5, 0.6) is 0 Å². The molecule has 3 heteroatoms. The average molecular weight is 327 g/mol. The Morgan fingerprint density at radius 2 is 1.59 bits per heavy atom. The van der Waals surface area contributed by atoms with Gasteiger partial charge in [-0.1, -0.05) is 55.0 Å². The van der Waals surface area contributed by atoms with E-state index in [1.54, 1.807) is 0 Å². The van der Waals surface area contributed by atoms with Crippen molar-refractivity contribution >= 4 is 8.32 Å². The van der Waals surface area contributed by atoms with Crippen molar-refractivity contribution in [1.29, 1.82) is 0 Å². The predicted molar refractivity (Wildman–Crippen MR) is 98.7 cm³/mol. The maximum absolute atomic E-state index is 9.33. The molecule has 0 radical (unpaired) electrons. The summed E-state index contributed by atoms with van der Waals surface area (Å²) in [6.45, 7) is 21.0. The monoisotopic (exact) mass is 326 g/mol. The van der Waals surface area contributed by atoms with Gasteiger partial charge in [-0.15, -0.1) is 0 Å². The summed E-state index contributed by atoms with van der Waals surface area (Å²) in [6.07, 6.45) is 3.28. The van der Waals surface area contributed by atoms with Crippen molar-refractivity contribution in [2.75, 3.05) is 6.61 Å². The Hall–Kier alpha value is -0.123. The number of hydrogen-bond acceptors (Lipinski definition) is 2. The molecule has 1 aliphatic rings. The SMILES string of the molecule is C=C1[C@H](CCO)C[C@@H](C)C[C@H]1O[Si](C(C)C)(C(C)C)C(C)C. The smallest absolute Gasteiger partial charge is 0.201 e. The predicted octanol–water partition coefficient (Wildman–Crippen LogP) is 5.53. The lowest BCUT2D eigenvalue weighted by Gasteiger charge is -2.47. The van der Waals surface area contributed by atoms with Gasteiger partial charge in [-0.3, -0.25) is 0 Å². The fourth-order valence-electron chi connectivity index (χ4n) is 4.75. The number of rotatable bonds is 7. The first-order chi connectivity index (χ1) is 10.2. The minimum absolute atomic E-state index is 0.194. The fraction of sp³-hybridized carbons (Fsp3) is 0.895. The second-order valence-electron chi connectivity index (χ2n) is 8.28. The molecule has 0 unspecified atom stereocenters. The van der Waals surface area contributed by atoms with Gasteiger partial charge in [0.25, 0.3) is 0 Å². The molecule has 1 aliphatic carbocycles. The third-order valence-electron chi connectivity index (χ3n) is 5.77. The van der Waals surface area contributed by atoms with Crippen LogP contribution in [0.4, 0.5) is 0 Å². The van der Waals surface area contributed by atoms with Crippen molar-refractivity contribution in [2.45, 2.75) is 90.5 Å². The Kier molecular flexibility index (Phi) is 7.35. The van der Waals surface area contributed by atoms with E-state index >= 15 is 0 Å². The maximum Gasteiger partial charge on any atom is 0.201 e. The van der Waals surface area contributed by atoms with E-state index in [9.17, 15) is 5.11 Å². The van der Waals surface area contributed by atoms with Gasteiger partial charge < -0.3 is 9.53 Å². The van der Waals surface area contributed by atoms with Crippen LogP contribution >= 0.6 is 0 Å². The van der Waals surface area contributed by atoms with E-state index in [1.807, 2.05) is 0 Å². The van der Waals surface area contributed by atoms with Gasteiger partial charge in [0, 0.05) is 6.61 Å². The van der Waals surface area contributed by atoms with Crippen LogP contribution < -0.4 is 0 Å². The Bertz CT molecular complexity index is 341. The van der Waals surface area contributed by atoms with Crippen LogP contribution in [0.1, 0.15) is 67.7 Å². The molecule has 0 aliphatic heterocycles. The molecule has 1 N–H and O–H groups in total. The summed E-state index contributed by atoms with van der Waals surface area (Å²) in [5, 5.41) is 9.33. The van der Waals surface area contributed by atoms with Crippen molar-refractivity contribution in [3.05, 3.63) is 12.2 Å². The lowest BCUT2D eigenvalue weighted by atomic mass is 9.76. The molecular formula is C19H38O2Si. The van der Waals surface area contributed by atoms with Crippen molar-refractivity contribution in [3.63, 3.8) is 0 Å². The van der Waals surface area contributed by atoms with E-state index in [0.29, 0.717) is 28.5 Å². The topological polar surface area (TPSA) is 29.5 Å². The lowest BCUT2D eigenvalue weighted by Crippen LogP contribution is -2.51. The van der Waals surface area contributed by atoms with Crippen molar-refractivity contribution in [1.82, 2.24) is 0 Å². The summed E-state index contributed by atoms with van der Waals surface area (Å²) in [4.78, 5) is 0. The van der Waals surface area contributed by atoms with Gasteiger partial charge in [0.15, 0.2) is 0 Å². The van der Waals surface area contributed by atoms with Crippen LogP contribution in [0, 0.1) is 11.8 Å². The van der Waals surface area contributed by atoms with Crippen molar-refractivity contribution in [2.24, 2.45) is 11.8 Å². The second kappa shape index (κ2) is 8.12. The minimum atomic E-state index is -1.86. The molecule has 1 rings (SSSR count). The summed E-state index contributed by atoms with van der Waals surface area (Å²) in [6, 6.07) is 0. The van der Waals surface area contributed by atoms with Gasteiger partial charge in [-0.2, -0.15) is 0 Å². The zero-order valence-electron chi connectivity index (χ0n) is 15.9. The molecule has 0 aromatic rings. The standard InChI is InChI=1S/C19H38O2Si/c1-13(2)22(14(3)4,15(5)6)21-19-12-16(7)11-18(9-10-20)17(19)8/h13-16,18-20H,8-12H2,1-7H3/t16-,18-,19-/m1/s1. The molecule has 3 atom stereocenters. The minimum Gasteiger partial charge on any atom is -0.409 e. The fourth-order valence-corrected chi connectivity index (χ4v) is 10.3. The van der Waals surface area contributed by atoms with Gasteiger partial charge in [0.2, 0.25) is 8.32 Å². The van der Waals surface area contributed by atoms with Gasteiger partial charge in [-0.25, -0.2) is 0 Å². The zero-order chi connectivity index (χ0) is 17.1. The molecular weight excluding hydrogens is 288 g/mol. The Morgan fingerprint density at radius 1 is 1.09 bits per heavy atom.